The van der Waals surface area contributed by atoms with Gasteiger partial charge in [-0.05, 0) is 12.1 Å². The molecule has 0 unspecified atom stereocenters. The summed E-state index contributed by atoms with van der Waals surface area (Å²) in [6, 6.07) is 8.63. The van der Waals surface area contributed by atoms with Gasteiger partial charge in [0.25, 0.3) is 0 Å². The standard InChI is InChI=1S/C11H16N4O2/c12-11(17)14-7-6-13-8-10(16)15-9-4-2-1-3-5-9/h1-5,13H,6-8H2,(H,15,16)(H3,12,14,17). The highest BCUT2D eigenvalue weighted by Gasteiger charge is 2.00. The van der Waals surface area contributed by atoms with Crippen molar-refractivity contribution in [3.63, 3.8) is 0 Å². The number of anilines is 1. The molecule has 6 nitrogen and oxygen atoms in total. The number of para-hydroxylation sites is 1. The molecule has 0 atom stereocenters. The second kappa shape index (κ2) is 7.24. The van der Waals surface area contributed by atoms with Gasteiger partial charge < -0.3 is 21.7 Å². The van der Waals surface area contributed by atoms with Gasteiger partial charge in [-0.3, -0.25) is 4.79 Å². The van der Waals surface area contributed by atoms with E-state index in [-0.39, 0.29) is 12.5 Å². The van der Waals surface area contributed by atoms with Gasteiger partial charge in [-0.1, -0.05) is 18.2 Å². The topological polar surface area (TPSA) is 96.2 Å². The fourth-order valence-corrected chi connectivity index (χ4v) is 1.20. The number of hydrogen-bond acceptors (Lipinski definition) is 3. The van der Waals surface area contributed by atoms with E-state index in [2.05, 4.69) is 16.0 Å². The third-order valence-corrected chi connectivity index (χ3v) is 1.94. The molecule has 0 aliphatic heterocycles. The second-order valence-electron chi connectivity index (χ2n) is 3.38. The first-order chi connectivity index (χ1) is 8.18. The lowest BCUT2D eigenvalue weighted by atomic mass is 10.3. The predicted octanol–water partition coefficient (Wildman–Crippen LogP) is -0.117. The lowest BCUT2D eigenvalue weighted by Gasteiger charge is -2.06. The van der Waals surface area contributed by atoms with Crippen molar-refractivity contribution in [3.05, 3.63) is 30.3 Å². The Morgan fingerprint density at radius 3 is 2.47 bits per heavy atom. The van der Waals surface area contributed by atoms with Crippen molar-refractivity contribution < 1.29 is 9.59 Å². The van der Waals surface area contributed by atoms with Crippen LogP contribution in [0.2, 0.25) is 0 Å². The van der Waals surface area contributed by atoms with E-state index in [0.717, 1.165) is 5.69 Å². The molecule has 0 heterocycles. The van der Waals surface area contributed by atoms with Gasteiger partial charge in [-0.25, -0.2) is 4.79 Å². The van der Waals surface area contributed by atoms with E-state index in [1.165, 1.54) is 0 Å². The van der Waals surface area contributed by atoms with Gasteiger partial charge in [0.1, 0.15) is 0 Å². The molecule has 0 aliphatic rings. The number of hydrogen-bond donors (Lipinski definition) is 4. The number of nitrogens with two attached hydrogens (primary N) is 1. The average molecular weight is 236 g/mol. The van der Waals surface area contributed by atoms with Crippen molar-refractivity contribution in [2.75, 3.05) is 25.0 Å². The van der Waals surface area contributed by atoms with E-state index in [1.807, 2.05) is 30.3 Å². The van der Waals surface area contributed by atoms with Crippen LogP contribution in [0.1, 0.15) is 0 Å². The highest BCUT2D eigenvalue weighted by molar-refractivity contribution is 5.92. The Hall–Kier alpha value is -2.08. The number of nitrogens with one attached hydrogen (secondary N) is 3. The van der Waals surface area contributed by atoms with Gasteiger partial charge in [0.2, 0.25) is 5.91 Å². The SMILES string of the molecule is NC(=O)NCCNCC(=O)Nc1ccccc1. The maximum absolute atomic E-state index is 11.4. The summed E-state index contributed by atoms with van der Waals surface area (Å²) in [6.07, 6.45) is 0. The third kappa shape index (κ3) is 6.16. The van der Waals surface area contributed by atoms with Crippen LogP contribution < -0.4 is 21.7 Å². The highest BCUT2D eigenvalue weighted by atomic mass is 16.2. The smallest absolute Gasteiger partial charge is 0.312 e. The molecule has 92 valence electrons. The van der Waals surface area contributed by atoms with Crippen LogP contribution in [-0.4, -0.2) is 31.6 Å². The summed E-state index contributed by atoms with van der Waals surface area (Å²) in [5, 5.41) is 8.02. The monoisotopic (exact) mass is 236 g/mol. The zero-order valence-corrected chi connectivity index (χ0v) is 9.40. The summed E-state index contributed by atoms with van der Waals surface area (Å²) >= 11 is 0. The van der Waals surface area contributed by atoms with Crippen LogP contribution in [0.5, 0.6) is 0 Å². The molecule has 1 rings (SSSR count). The van der Waals surface area contributed by atoms with Crippen molar-refractivity contribution in [1.29, 1.82) is 0 Å². The van der Waals surface area contributed by atoms with Gasteiger partial charge in [-0.2, -0.15) is 0 Å². The molecule has 1 aromatic rings. The van der Waals surface area contributed by atoms with Gasteiger partial charge >= 0.3 is 6.03 Å². The van der Waals surface area contributed by atoms with Crippen molar-refractivity contribution in [1.82, 2.24) is 10.6 Å². The first kappa shape index (κ1) is 13.0. The maximum Gasteiger partial charge on any atom is 0.312 e. The number of benzene rings is 1. The minimum atomic E-state index is -0.569. The zero-order valence-electron chi connectivity index (χ0n) is 9.40. The van der Waals surface area contributed by atoms with Crippen LogP contribution in [0, 0.1) is 0 Å². The number of carbonyl (C=O) groups is 2. The molecular weight excluding hydrogens is 220 g/mol. The number of urea groups is 1. The Labute approximate surface area is 99.6 Å². The summed E-state index contributed by atoms with van der Waals surface area (Å²) in [5.41, 5.74) is 5.64. The van der Waals surface area contributed by atoms with Crippen molar-refractivity contribution in [2.45, 2.75) is 0 Å². The van der Waals surface area contributed by atoms with Gasteiger partial charge in [0.15, 0.2) is 0 Å². The second-order valence-corrected chi connectivity index (χ2v) is 3.38. The van der Waals surface area contributed by atoms with E-state index in [9.17, 15) is 9.59 Å². The Balaban J connectivity index is 2.12. The summed E-state index contributed by atoms with van der Waals surface area (Å²) in [4.78, 5) is 21.8. The molecule has 17 heavy (non-hydrogen) atoms. The number of carbonyl (C=O) groups excluding carboxylic acids is 2. The van der Waals surface area contributed by atoms with Gasteiger partial charge in [0, 0.05) is 18.8 Å². The Morgan fingerprint density at radius 2 is 1.82 bits per heavy atom. The van der Waals surface area contributed by atoms with Crippen molar-refractivity contribution in [3.8, 4) is 0 Å². The predicted molar refractivity (Wildman–Crippen MR) is 65.5 cm³/mol. The number of primary amides is 1. The molecule has 1 aromatic carbocycles. The van der Waals surface area contributed by atoms with E-state index in [1.54, 1.807) is 0 Å². The zero-order chi connectivity index (χ0) is 12.5. The number of rotatable bonds is 6. The first-order valence-corrected chi connectivity index (χ1v) is 5.27. The molecule has 0 spiro atoms. The summed E-state index contributed by atoms with van der Waals surface area (Å²) in [6.45, 7) is 1.08. The van der Waals surface area contributed by atoms with Crippen LogP contribution in [0.15, 0.2) is 30.3 Å². The minimum absolute atomic E-state index is 0.129. The molecule has 0 radical (unpaired) electrons. The lowest BCUT2D eigenvalue weighted by Crippen LogP contribution is -2.37. The third-order valence-electron chi connectivity index (χ3n) is 1.94. The molecule has 0 saturated carbocycles. The van der Waals surface area contributed by atoms with Crippen LogP contribution in [-0.2, 0) is 4.79 Å². The van der Waals surface area contributed by atoms with Crippen LogP contribution >= 0.6 is 0 Å². The quantitative estimate of drug-likeness (QED) is 0.519. The van der Waals surface area contributed by atoms with Crippen LogP contribution in [0.25, 0.3) is 0 Å². The van der Waals surface area contributed by atoms with Gasteiger partial charge in [-0.15, -0.1) is 0 Å². The fourth-order valence-electron chi connectivity index (χ4n) is 1.20. The Morgan fingerprint density at radius 1 is 1.12 bits per heavy atom. The molecule has 0 aliphatic carbocycles. The minimum Gasteiger partial charge on any atom is -0.352 e. The van der Waals surface area contributed by atoms with Crippen molar-refractivity contribution in [2.24, 2.45) is 5.73 Å². The largest absolute Gasteiger partial charge is 0.352 e. The number of amides is 3. The molecule has 0 fully saturated rings. The summed E-state index contributed by atoms with van der Waals surface area (Å²) in [7, 11) is 0. The van der Waals surface area contributed by atoms with E-state index < -0.39 is 6.03 Å². The molecular formula is C11H16N4O2. The van der Waals surface area contributed by atoms with E-state index in [4.69, 9.17) is 5.73 Å². The van der Waals surface area contributed by atoms with Crippen LogP contribution in [0.4, 0.5) is 10.5 Å². The van der Waals surface area contributed by atoms with E-state index >= 15 is 0 Å². The molecule has 0 aromatic heterocycles. The van der Waals surface area contributed by atoms with Crippen LogP contribution in [0.3, 0.4) is 0 Å². The first-order valence-electron chi connectivity index (χ1n) is 5.27. The van der Waals surface area contributed by atoms with Gasteiger partial charge in [0.05, 0.1) is 6.54 Å². The molecule has 5 N–H and O–H groups in total. The van der Waals surface area contributed by atoms with E-state index in [0.29, 0.717) is 13.1 Å². The lowest BCUT2D eigenvalue weighted by molar-refractivity contribution is -0.115. The summed E-state index contributed by atoms with van der Waals surface area (Å²) in [5.74, 6) is -0.129. The summed E-state index contributed by atoms with van der Waals surface area (Å²) < 4.78 is 0. The maximum atomic E-state index is 11.4. The Kier molecular flexibility index (Phi) is 5.53. The molecule has 0 bridgehead atoms. The molecule has 6 heteroatoms. The van der Waals surface area contributed by atoms with Crippen molar-refractivity contribution >= 4 is 17.6 Å². The Bertz CT molecular complexity index is 367. The normalized spacial score (nSPS) is 9.65. The highest BCUT2D eigenvalue weighted by Crippen LogP contribution is 2.03. The molecule has 3 amide bonds. The average Bonchev–Trinajstić information content (AvgIpc) is 2.29. The fraction of sp³-hybridized carbons (Fsp3) is 0.273. The molecule has 0 saturated heterocycles.